The molecule has 2 nitrogen and oxygen atoms in total. The van der Waals surface area contributed by atoms with Gasteiger partial charge in [0.05, 0.1) is 0 Å². The summed E-state index contributed by atoms with van der Waals surface area (Å²) in [6.45, 7) is 2.91. The fourth-order valence-corrected chi connectivity index (χ4v) is 3.15. The summed E-state index contributed by atoms with van der Waals surface area (Å²) in [6.07, 6.45) is 1.17. The van der Waals surface area contributed by atoms with Crippen LogP contribution in [0.5, 0.6) is 0 Å². The monoisotopic (exact) mass is 252 g/mol. The molecule has 19 heavy (non-hydrogen) atoms. The van der Waals surface area contributed by atoms with E-state index in [0.717, 1.165) is 5.69 Å². The van der Waals surface area contributed by atoms with E-state index >= 15 is 0 Å². The second-order valence-electron chi connectivity index (χ2n) is 5.52. The number of nitrogens with two attached hydrogens (primary N) is 2. The van der Waals surface area contributed by atoms with Crippen molar-refractivity contribution in [2.75, 3.05) is 5.73 Å². The zero-order valence-electron chi connectivity index (χ0n) is 11.3. The van der Waals surface area contributed by atoms with Gasteiger partial charge in [-0.1, -0.05) is 37.3 Å². The fraction of sp³-hybridized carbons (Fsp3) is 0.294. The maximum absolute atomic E-state index is 5.78. The van der Waals surface area contributed by atoms with Crippen LogP contribution in [-0.4, -0.2) is 0 Å². The summed E-state index contributed by atoms with van der Waals surface area (Å²) in [5.41, 5.74) is 17.9. The Kier molecular flexibility index (Phi) is 3.03. The van der Waals surface area contributed by atoms with Crippen LogP contribution in [0.1, 0.15) is 47.4 Å². The van der Waals surface area contributed by atoms with Gasteiger partial charge in [-0.2, -0.15) is 0 Å². The summed E-state index contributed by atoms with van der Waals surface area (Å²) >= 11 is 0. The minimum atomic E-state index is 0.483. The highest BCUT2D eigenvalue weighted by molar-refractivity contribution is 5.48. The first-order chi connectivity index (χ1) is 9.19. The minimum Gasteiger partial charge on any atom is -0.399 e. The van der Waals surface area contributed by atoms with E-state index in [1.165, 1.54) is 28.7 Å². The van der Waals surface area contributed by atoms with E-state index < -0.39 is 0 Å². The van der Waals surface area contributed by atoms with E-state index in [0.29, 0.717) is 18.4 Å². The van der Waals surface area contributed by atoms with E-state index in [1.54, 1.807) is 0 Å². The predicted molar refractivity (Wildman–Crippen MR) is 80.1 cm³/mol. The largest absolute Gasteiger partial charge is 0.399 e. The third-order valence-electron chi connectivity index (χ3n) is 4.22. The number of hydrogen-bond acceptors (Lipinski definition) is 2. The Hall–Kier alpha value is -1.80. The maximum atomic E-state index is 5.78. The second-order valence-corrected chi connectivity index (χ2v) is 5.52. The molecule has 4 N–H and O–H groups in total. The molecule has 0 saturated heterocycles. The quantitative estimate of drug-likeness (QED) is 0.805. The molecule has 2 atom stereocenters. The lowest BCUT2D eigenvalue weighted by molar-refractivity contribution is 0.686. The van der Waals surface area contributed by atoms with Crippen molar-refractivity contribution in [3.05, 3.63) is 64.7 Å². The highest BCUT2D eigenvalue weighted by Gasteiger charge is 2.29. The summed E-state index contributed by atoms with van der Waals surface area (Å²) in [4.78, 5) is 0. The SMILES string of the molecule is CC1CC(c2ccc(N)cc2)c2cc(CN)ccc21. The van der Waals surface area contributed by atoms with Crippen LogP contribution in [-0.2, 0) is 6.54 Å². The number of rotatable bonds is 2. The molecule has 0 radical (unpaired) electrons. The molecule has 1 aliphatic rings. The standard InChI is InChI=1S/C17H20N2/c1-11-8-16(13-3-5-14(19)6-4-13)17-9-12(10-18)2-7-15(11)17/h2-7,9,11,16H,8,10,18-19H2,1H3. The Morgan fingerprint density at radius 3 is 2.47 bits per heavy atom. The molecule has 0 bridgehead atoms. The van der Waals surface area contributed by atoms with Crippen LogP contribution in [0.2, 0.25) is 0 Å². The van der Waals surface area contributed by atoms with Crippen LogP contribution >= 0.6 is 0 Å². The van der Waals surface area contributed by atoms with Crippen molar-refractivity contribution in [2.45, 2.75) is 31.7 Å². The Morgan fingerprint density at radius 1 is 1.05 bits per heavy atom. The first-order valence-corrected chi connectivity index (χ1v) is 6.87. The Labute approximate surface area is 114 Å². The molecule has 98 valence electrons. The highest BCUT2D eigenvalue weighted by Crippen LogP contribution is 2.45. The zero-order chi connectivity index (χ0) is 13.4. The Balaban J connectivity index is 2.04. The van der Waals surface area contributed by atoms with Crippen molar-refractivity contribution in [1.82, 2.24) is 0 Å². The topological polar surface area (TPSA) is 52.0 Å². The highest BCUT2D eigenvalue weighted by atomic mass is 14.5. The number of benzene rings is 2. The molecule has 3 rings (SSSR count). The average molecular weight is 252 g/mol. The van der Waals surface area contributed by atoms with Gasteiger partial charge in [-0.3, -0.25) is 0 Å². The molecular weight excluding hydrogens is 232 g/mol. The zero-order valence-corrected chi connectivity index (χ0v) is 11.3. The van der Waals surface area contributed by atoms with Gasteiger partial charge in [0.1, 0.15) is 0 Å². The van der Waals surface area contributed by atoms with E-state index in [2.05, 4.69) is 37.3 Å². The van der Waals surface area contributed by atoms with Gasteiger partial charge in [0.15, 0.2) is 0 Å². The summed E-state index contributed by atoms with van der Waals surface area (Å²) in [6, 6.07) is 15.0. The molecule has 0 amide bonds. The first-order valence-electron chi connectivity index (χ1n) is 6.87. The van der Waals surface area contributed by atoms with Gasteiger partial charge >= 0.3 is 0 Å². The minimum absolute atomic E-state index is 0.483. The van der Waals surface area contributed by atoms with Crippen molar-refractivity contribution in [3.63, 3.8) is 0 Å². The van der Waals surface area contributed by atoms with Crippen molar-refractivity contribution in [3.8, 4) is 0 Å². The molecule has 0 aliphatic heterocycles. The normalized spacial score (nSPS) is 21.4. The van der Waals surface area contributed by atoms with Crippen molar-refractivity contribution >= 4 is 5.69 Å². The molecule has 2 heteroatoms. The number of hydrogen-bond donors (Lipinski definition) is 2. The number of fused-ring (bicyclic) bond motifs is 1. The van der Waals surface area contributed by atoms with Gasteiger partial charge in [0, 0.05) is 18.2 Å². The molecule has 2 aromatic rings. The van der Waals surface area contributed by atoms with E-state index in [-0.39, 0.29) is 0 Å². The molecule has 0 saturated carbocycles. The van der Waals surface area contributed by atoms with Crippen LogP contribution in [0.4, 0.5) is 5.69 Å². The van der Waals surface area contributed by atoms with Gasteiger partial charge in [0.25, 0.3) is 0 Å². The lowest BCUT2D eigenvalue weighted by Crippen LogP contribution is -2.00. The smallest absolute Gasteiger partial charge is 0.0314 e. The first kappa shape index (κ1) is 12.2. The van der Waals surface area contributed by atoms with Crippen LogP contribution in [0.3, 0.4) is 0 Å². The van der Waals surface area contributed by atoms with E-state index in [4.69, 9.17) is 11.5 Å². The lowest BCUT2D eigenvalue weighted by Gasteiger charge is -2.13. The van der Waals surface area contributed by atoms with Gasteiger partial charge in [0.2, 0.25) is 0 Å². The molecule has 0 heterocycles. The predicted octanol–water partition coefficient (Wildman–Crippen LogP) is 3.37. The Morgan fingerprint density at radius 2 is 1.79 bits per heavy atom. The van der Waals surface area contributed by atoms with E-state index in [9.17, 15) is 0 Å². The molecule has 2 unspecified atom stereocenters. The van der Waals surface area contributed by atoms with Gasteiger partial charge in [-0.15, -0.1) is 0 Å². The lowest BCUT2D eigenvalue weighted by atomic mass is 9.92. The van der Waals surface area contributed by atoms with Gasteiger partial charge in [-0.25, -0.2) is 0 Å². The van der Waals surface area contributed by atoms with Crippen LogP contribution in [0.25, 0.3) is 0 Å². The summed E-state index contributed by atoms with van der Waals surface area (Å²) in [5, 5.41) is 0. The van der Waals surface area contributed by atoms with Crippen molar-refractivity contribution in [2.24, 2.45) is 5.73 Å². The van der Waals surface area contributed by atoms with Crippen molar-refractivity contribution in [1.29, 1.82) is 0 Å². The molecule has 0 fully saturated rings. The number of anilines is 1. The average Bonchev–Trinajstić information content (AvgIpc) is 2.76. The maximum Gasteiger partial charge on any atom is 0.0314 e. The summed E-state index contributed by atoms with van der Waals surface area (Å²) in [5.74, 6) is 1.10. The molecule has 1 aliphatic carbocycles. The van der Waals surface area contributed by atoms with Crippen LogP contribution < -0.4 is 11.5 Å². The van der Waals surface area contributed by atoms with Crippen LogP contribution in [0, 0.1) is 0 Å². The van der Waals surface area contributed by atoms with Crippen LogP contribution in [0.15, 0.2) is 42.5 Å². The third-order valence-corrected chi connectivity index (χ3v) is 4.22. The summed E-state index contributed by atoms with van der Waals surface area (Å²) < 4.78 is 0. The molecule has 2 aromatic carbocycles. The van der Waals surface area contributed by atoms with Gasteiger partial charge in [-0.05, 0) is 46.7 Å². The van der Waals surface area contributed by atoms with E-state index in [1.807, 2.05) is 12.1 Å². The molecule has 0 spiro atoms. The summed E-state index contributed by atoms with van der Waals surface area (Å²) in [7, 11) is 0. The fourth-order valence-electron chi connectivity index (χ4n) is 3.15. The number of nitrogen functional groups attached to an aromatic ring is 1. The Bertz CT molecular complexity index is 587. The third kappa shape index (κ3) is 2.13. The molecular formula is C17H20N2. The second kappa shape index (κ2) is 4.71. The van der Waals surface area contributed by atoms with Gasteiger partial charge < -0.3 is 11.5 Å². The molecule has 0 aromatic heterocycles. The van der Waals surface area contributed by atoms with Crippen molar-refractivity contribution < 1.29 is 0 Å².